The van der Waals surface area contributed by atoms with Crippen molar-refractivity contribution in [2.24, 2.45) is 0 Å². The van der Waals surface area contributed by atoms with Crippen molar-refractivity contribution in [3.05, 3.63) is 95.1 Å². The normalized spacial score (nSPS) is 16.6. The molecule has 202 valence electrons. The average Bonchev–Trinajstić information content (AvgIpc) is 3.75. The summed E-state index contributed by atoms with van der Waals surface area (Å²) in [5, 5.41) is 2.96. The second-order valence-corrected chi connectivity index (χ2v) is 10.6. The lowest BCUT2D eigenvalue weighted by Gasteiger charge is -2.32. The third kappa shape index (κ3) is 5.55. The lowest BCUT2D eigenvalue weighted by atomic mass is 9.89. The number of amides is 2. The number of hydrogen-bond donors (Lipinski definition) is 1. The van der Waals surface area contributed by atoms with Crippen LogP contribution in [0.4, 0.5) is 10.1 Å². The fourth-order valence-electron chi connectivity index (χ4n) is 5.28. The van der Waals surface area contributed by atoms with E-state index >= 15 is 0 Å². The lowest BCUT2D eigenvalue weighted by Crippen LogP contribution is -2.38. The number of piperidine rings is 1. The Morgan fingerprint density at radius 2 is 1.69 bits per heavy atom. The molecule has 2 heterocycles. The van der Waals surface area contributed by atoms with E-state index in [1.807, 2.05) is 24.3 Å². The predicted octanol–water partition coefficient (Wildman–Crippen LogP) is 5.48. The number of benzene rings is 2. The van der Waals surface area contributed by atoms with E-state index in [1.165, 1.54) is 12.3 Å². The van der Waals surface area contributed by atoms with Gasteiger partial charge in [0.2, 0.25) is 5.91 Å². The highest BCUT2D eigenvalue weighted by Crippen LogP contribution is 2.49. The second kappa shape index (κ2) is 11.0. The molecule has 0 atom stereocenters. The number of nitrogens with zero attached hydrogens (tertiary/aromatic N) is 2. The van der Waals surface area contributed by atoms with E-state index in [0.29, 0.717) is 37.2 Å². The smallest absolute Gasteiger partial charge is 0.358 e. The first-order valence-corrected chi connectivity index (χ1v) is 13.4. The van der Waals surface area contributed by atoms with E-state index in [9.17, 15) is 18.8 Å². The standard InChI is InChI=1S/C31H32FN3O4/c1-20(2)39-29(37)27-24(6-5-17-33-27)28(36)35-18-13-22(14-19-35)21-9-11-23(12-10-21)34-30(38)31(15-16-31)25-7-3-4-8-26(25)32/h3-12,17,20,22H,13-16,18-19H2,1-2H3,(H,34,38). The van der Waals surface area contributed by atoms with Gasteiger partial charge in [0, 0.05) is 30.5 Å². The van der Waals surface area contributed by atoms with Gasteiger partial charge in [0.1, 0.15) is 5.82 Å². The number of likely N-dealkylation sites (tertiary alicyclic amines) is 1. The van der Waals surface area contributed by atoms with Crippen LogP contribution < -0.4 is 5.32 Å². The fourth-order valence-corrected chi connectivity index (χ4v) is 5.28. The summed E-state index contributed by atoms with van der Waals surface area (Å²) in [5.74, 6) is -1.08. The first-order valence-electron chi connectivity index (χ1n) is 13.4. The van der Waals surface area contributed by atoms with Crippen molar-refractivity contribution >= 4 is 23.5 Å². The Hall–Kier alpha value is -4.07. The van der Waals surface area contributed by atoms with Crippen molar-refractivity contribution in [3.8, 4) is 0 Å². The highest BCUT2D eigenvalue weighted by molar-refractivity contribution is 6.04. The number of carbonyl (C=O) groups excluding carboxylic acids is 3. The molecule has 2 aromatic carbocycles. The van der Waals surface area contributed by atoms with Gasteiger partial charge in [-0.3, -0.25) is 9.59 Å². The van der Waals surface area contributed by atoms with Crippen molar-refractivity contribution in [3.63, 3.8) is 0 Å². The SMILES string of the molecule is CC(C)OC(=O)c1ncccc1C(=O)N1CCC(c2ccc(NC(=O)C3(c4ccccc4F)CC3)cc2)CC1. The minimum Gasteiger partial charge on any atom is -0.458 e. The zero-order chi connectivity index (χ0) is 27.6. The van der Waals surface area contributed by atoms with Crippen LogP contribution in [0.15, 0.2) is 66.9 Å². The molecule has 8 heteroatoms. The van der Waals surface area contributed by atoms with Gasteiger partial charge in [-0.25, -0.2) is 14.2 Å². The van der Waals surface area contributed by atoms with Gasteiger partial charge >= 0.3 is 5.97 Å². The molecule has 1 saturated carbocycles. The quantitative estimate of drug-likeness (QED) is 0.410. The molecule has 5 rings (SSSR count). The number of halogens is 1. The van der Waals surface area contributed by atoms with Gasteiger partial charge in [0.15, 0.2) is 5.69 Å². The molecule has 1 aliphatic heterocycles. The Morgan fingerprint density at radius 1 is 1.00 bits per heavy atom. The molecular formula is C31H32FN3O4. The largest absolute Gasteiger partial charge is 0.458 e. The summed E-state index contributed by atoms with van der Waals surface area (Å²) in [6.07, 6.45) is 4.00. The van der Waals surface area contributed by atoms with Gasteiger partial charge in [-0.1, -0.05) is 30.3 Å². The Balaban J connectivity index is 1.19. The van der Waals surface area contributed by atoms with Crippen LogP contribution in [0.2, 0.25) is 0 Å². The monoisotopic (exact) mass is 529 g/mol. The van der Waals surface area contributed by atoms with Gasteiger partial charge in [-0.15, -0.1) is 0 Å². The maximum atomic E-state index is 14.3. The highest BCUT2D eigenvalue weighted by Gasteiger charge is 2.52. The summed E-state index contributed by atoms with van der Waals surface area (Å²) in [5.41, 5.74) is 1.78. The van der Waals surface area contributed by atoms with Crippen molar-refractivity contribution in [2.45, 2.75) is 57.0 Å². The van der Waals surface area contributed by atoms with Gasteiger partial charge in [-0.05, 0) is 81.3 Å². The van der Waals surface area contributed by atoms with E-state index in [2.05, 4.69) is 10.3 Å². The highest BCUT2D eigenvalue weighted by atomic mass is 19.1. The Labute approximate surface area is 227 Å². The van der Waals surface area contributed by atoms with Crippen LogP contribution in [0.3, 0.4) is 0 Å². The van der Waals surface area contributed by atoms with Crippen LogP contribution >= 0.6 is 0 Å². The number of carbonyl (C=O) groups is 3. The number of ether oxygens (including phenoxy) is 1. The molecule has 0 radical (unpaired) electrons. The molecule has 2 fully saturated rings. The first kappa shape index (κ1) is 26.5. The summed E-state index contributed by atoms with van der Waals surface area (Å²) in [4.78, 5) is 44.6. The topological polar surface area (TPSA) is 88.6 Å². The lowest BCUT2D eigenvalue weighted by molar-refractivity contribution is -0.118. The summed E-state index contributed by atoms with van der Waals surface area (Å²) >= 11 is 0. The molecule has 0 unspecified atom stereocenters. The number of nitrogens with one attached hydrogen (secondary N) is 1. The summed E-state index contributed by atoms with van der Waals surface area (Å²) in [6, 6.07) is 17.5. The van der Waals surface area contributed by atoms with Gasteiger partial charge in [0.05, 0.1) is 17.1 Å². The number of esters is 1. The van der Waals surface area contributed by atoms with Crippen LogP contribution in [0, 0.1) is 5.82 Å². The van der Waals surface area contributed by atoms with E-state index in [-0.39, 0.29) is 40.9 Å². The van der Waals surface area contributed by atoms with Crippen LogP contribution in [0.1, 0.15) is 77.4 Å². The van der Waals surface area contributed by atoms with Gasteiger partial charge in [0.25, 0.3) is 5.91 Å². The molecule has 39 heavy (non-hydrogen) atoms. The molecule has 2 aliphatic rings. The van der Waals surface area contributed by atoms with Crippen molar-refractivity contribution in [2.75, 3.05) is 18.4 Å². The van der Waals surface area contributed by atoms with Crippen molar-refractivity contribution < 1.29 is 23.5 Å². The van der Waals surface area contributed by atoms with Gasteiger partial charge in [-0.2, -0.15) is 0 Å². The molecule has 7 nitrogen and oxygen atoms in total. The summed E-state index contributed by atoms with van der Waals surface area (Å²) in [6.45, 7) is 4.62. The summed E-state index contributed by atoms with van der Waals surface area (Å²) < 4.78 is 19.6. The van der Waals surface area contributed by atoms with E-state index < -0.39 is 11.4 Å². The maximum absolute atomic E-state index is 14.3. The summed E-state index contributed by atoms with van der Waals surface area (Å²) in [7, 11) is 0. The molecule has 1 N–H and O–H groups in total. The zero-order valence-corrected chi connectivity index (χ0v) is 22.2. The van der Waals surface area contributed by atoms with E-state index in [0.717, 1.165) is 18.4 Å². The average molecular weight is 530 g/mol. The minimum atomic E-state index is -0.789. The van der Waals surface area contributed by atoms with E-state index in [1.54, 1.807) is 49.1 Å². The number of rotatable bonds is 7. The van der Waals surface area contributed by atoms with Crippen LogP contribution in [-0.4, -0.2) is 46.9 Å². The minimum absolute atomic E-state index is 0.0407. The third-order valence-electron chi connectivity index (χ3n) is 7.57. The van der Waals surface area contributed by atoms with Crippen molar-refractivity contribution in [1.29, 1.82) is 0 Å². The molecular weight excluding hydrogens is 497 g/mol. The van der Waals surface area contributed by atoms with Crippen LogP contribution in [-0.2, 0) is 14.9 Å². The molecule has 1 saturated heterocycles. The zero-order valence-electron chi connectivity index (χ0n) is 22.2. The number of pyridine rings is 1. The van der Waals surface area contributed by atoms with Crippen LogP contribution in [0.5, 0.6) is 0 Å². The maximum Gasteiger partial charge on any atom is 0.358 e. The molecule has 2 amide bonds. The number of hydrogen-bond acceptors (Lipinski definition) is 5. The molecule has 3 aromatic rings. The Bertz CT molecular complexity index is 1380. The number of anilines is 1. The molecule has 1 aliphatic carbocycles. The molecule has 0 spiro atoms. The fraction of sp³-hybridized carbons (Fsp3) is 0.355. The second-order valence-electron chi connectivity index (χ2n) is 10.6. The van der Waals surface area contributed by atoms with E-state index in [4.69, 9.17) is 4.74 Å². The van der Waals surface area contributed by atoms with Crippen LogP contribution in [0.25, 0.3) is 0 Å². The molecule has 1 aromatic heterocycles. The first-order chi connectivity index (χ1) is 18.8. The third-order valence-corrected chi connectivity index (χ3v) is 7.57. The number of aromatic nitrogens is 1. The van der Waals surface area contributed by atoms with Gasteiger partial charge < -0.3 is 15.0 Å². The predicted molar refractivity (Wildman–Crippen MR) is 145 cm³/mol. The Morgan fingerprint density at radius 3 is 2.33 bits per heavy atom. The Kier molecular flexibility index (Phi) is 7.46. The molecule has 0 bridgehead atoms. The van der Waals surface area contributed by atoms with Crippen molar-refractivity contribution in [1.82, 2.24) is 9.88 Å².